The molecule has 0 unspecified atom stereocenters. The number of rotatable bonds is 2. The van der Waals surface area contributed by atoms with Crippen LogP contribution < -0.4 is 0 Å². The van der Waals surface area contributed by atoms with Crippen molar-refractivity contribution in [1.82, 2.24) is 25.6 Å². The van der Waals surface area contributed by atoms with Crippen molar-refractivity contribution in [1.29, 1.82) is 0 Å². The van der Waals surface area contributed by atoms with Crippen molar-refractivity contribution >= 4 is 11.6 Å². The number of azo groups is 1. The lowest BCUT2D eigenvalue weighted by Gasteiger charge is -1.79. The Hall–Kier alpha value is -2.05. The van der Waals surface area contributed by atoms with Gasteiger partial charge in [-0.2, -0.15) is 15.4 Å². The fourth-order valence-corrected chi connectivity index (χ4v) is 0.653. The van der Waals surface area contributed by atoms with E-state index in [1.807, 2.05) is 0 Å². The first kappa shape index (κ1) is 6.65. The standard InChI is InChI=1S/C5H5N7/c1-2-6-8-4(1)9-10-5-3-7-12-11-5/h1-3H,(H,6,8)(H,7,11,12). The Morgan fingerprint density at radius 1 is 1.25 bits per heavy atom. The van der Waals surface area contributed by atoms with Gasteiger partial charge in [-0.25, -0.2) is 0 Å². The maximum Gasteiger partial charge on any atom is 0.215 e. The summed E-state index contributed by atoms with van der Waals surface area (Å²) in [5.41, 5.74) is 0. The summed E-state index contributed by atoms with van der Waals surface area (Å²) in [4.78, 5) is 0. The summed E-state index contributed by atoms with van der Waals surface area (Å²) < 4.78 is 0. The van der Waals surface area contributed by atoms with E-state index in [0.717, 1.165) is 0 Å². The minimum absolute atomic E-state index is 0.435. The van der Waals surface area contributed by atoms with Gasteiger partial charge in [-0.15, -0.1) is 15.3 Å². The highest BCUT2D eigenvalue weighted by Gasteiger charge is 1.91. The molecule has 0 bridgehead atoms. The van der Waals surface area contributed by atoms with Crippen molar-refractivity contribution in [3.8, 4) is 0 Å². The summed E-state index contributed by atoms with van der Waals surface area (Å²) in [6.07, 6.45) is 3.07. The van der Waals surface area contributed by atoms with Crippen molar-refractivity contribution in [3.63, 3.8) is 0 Å². The molecule has 2 heterocycles. The highest BCUT2D eigenvalue weighted by atomic mass is 15.4. The molecule has 7 heteroatoms. The summed E-state index contributed by atoms with van der Waals surface area (Å²) in [6, 6.07) is 1.70. The van der Waals surface area contributed by atoms with Crippen molar-refractivity contribution in [2.45, 2.75) is 0 Å². The van der Waals surface area contributed by atoms with E-state index in [0.29, 0.717) is 11.6 Å². The Morgan fingerprint density at radius 2 is 2.25 bits per heavy atom. The Balaban J connectivity index is 2.14. The fraction of sp³-hybridized carbons (Fsp3) is 0. The molecule has 0 saturated heterocycles. The predicted octanol–water partition coefficient (Wildman–Crippen LogP) is 0.943. The molecule has 2 rings (SSSR count). The van der Waals surface area contributed by atoms with Crippen molar-refractivity contribution < 1.29 is 0 Å². The lowest BCUT2D eigenvalue weighted by atomic mass is 10.7. The molecular formula is C5H5N7. The zero-order chi connectivity index (χ0) is 8.23. The van der Waals surface area contributed by atoms with Crippen LogP contribution >= 0.6 is 0 Å². The molecule has 2 aromatic rings. The topological polar surface area (TPSA) is 95.0 Å². The first-order valence-corrected chi connectivity index (χ1v) is 3.22. The predicted molar refractivity (Wildman–Crippen MR) is 39.1 cm³/mol. The van der Waals surface area contributed by atoms with Crippen LogP contribution in [0.2, 0.25) is 0 Å². The molecular weight excluding hydrogens is 158 g/mol. The third-order valence-corrected chi connectivity index (χ3v) is 1.15. The van der Waals surface area contributed by atoms with E-state index in [9.17, 15) is 0 Å². The van der Waals surface area contributed by atoms with Crippen molar-refractivity contribution in [2.24, 2.45) is 10.2 Å². The molecule has 0 aliphatic heterocycles. The lowest BCUT2D eigenvalue weighted by molar-refractivity contribution is 0.934. The quantitative estimate of drug-likeness (QED) is 0.645. The number of nitrogens with zero attached hydrogens (tertiary/aromatic N) is 5. The van der Waals surface area contributed by atoms with Crippen LogP contribution in [0.3, 0.4) is 0 Å². The number of nitrogens with one attached hydrogen (secondary N) is 2. The van der Waals surface area contributed by atoms with E-state index < -0.39 is 0 Å². The number of hydrogen-bond acceptors (Lipinski definition) is 5. The highest BCUT2D eigenvalue weighted by Crippen LogP contribution is 2.10. The second-order valence-electron chi connectivity index (χ2n) is 1.97. The van der Waals surface area contributed by atoms with Gasteiger partial charge in [0.25, 0.3) is 0 Å². The van der Waals surface area contributed by atoms with Crippen LogP contribution in [-0.2, 0) is 0 Å². The third-order valence-electron chi connectivity index (χ3n) is 1.15. The zero-order valence-electron chi connectivity index (χ0n) is 5.97. The molecule has 12 heavy (non-hydrogen) atoms. The molecule has 0 amide bonds. The van der Waals surface area contributed by atoms with E-state index in [2.05, 4.69) is 35.8 Å². The molecule has 0 aliphatic rings. The zero-order valence-corrected chi connectivity index (χ0v) is 5.97. The van der Waals surface area contributed by atoms with Crippen LogP contribution in [0.1, 0.15) is 0 Å². The second-order valence-corrected chi connectivity index (χ2v) is 1.97. The van der Waals surface area contributed by atoms with Crippen LogP contribution in [-0.4, -0.2) is 25.6 Å². The van der Waals surface area contributed by atoms with Gasteiger partial charge in [0.05, 0.1) is 12.4 Å². The van der Waals surface area contributed by atoms with Gasteiger partial charge in [0.1, 0.15) is 0 Å². The van der Waals surface area contributed by atoms with Crippen LogP contribution in [0.15, 0.2) is 28.7 Å². The second kappa shape index (κ2) is 2.91. The molecule has 0 aromatic carbocycles. The summed E-state index contributed by atoms with van der Waals surface area (Å²) in [7, 11) is 0. The average molecular weight is 163 g/mol. The first-order valence-electron chi connectivity index (χ1n) is 3.22. The van der Waals surface area contributed by atoms with Crippen LogP contribution in [0.5, 0.6) is 0 Å². The first-order chi connectivity index (χ1) is 5.95. The van der Waals surface area contributed by atoms with E-state index in [-0.39, 0.29) is 0 Å². The van der Waals surface area contributed by atoms with Gasteiger partial charge in [0.2, 0.25) is 5.82 Å². The number of H-pyrrole nitrogens is 2. The normalized spacial score (nSPS) is 11.0. The maximum atomic E-state index is 3.79. The fourth-order valence-electron chi connectivity index (χ4n) is 0.653. The smallest absolute Gasteiger partial charge is 0.215 e. The number of aromatic amines is 2. The summed E-state index contributed by atoms with van der Waals surface area (Å²) in [6.45, 7) is 0. The molecule has 0 saturated carbocycles. The van der Waals surface area contributed by atoms with E-state index in [1.54, 1.807) is 12.3 Å². The van der Waals surface area contributed by atoms with Gasteiger partial charge in [-0.3, -0.25) is 5.10 Å². The molecule has 0 radical (unpaired) electrons. The Labute approximate surface area is 66.9 Å². The van der Waals surface area contributed by atoms with Gasteiger partial charge >= 0.3 is 0 Å². The van der Waals surface area contributed by atoms with Crippen LogP contribution in [0.4, 0.5) is 11.6 Å². The third kappa shape index (κ3) is 1.34. The van der Waals surface area contributed by atoms with Gasteiger partial charge < -0.3 is 0 Å². The summed E-state index contributed by atoms with van der Waals surface area (Å²) in [5, 5.41) is 23.6. The Kier molecular flexibility index (Phi) is 1.61. The Bertz CT molecular complexity index is 309. The molecule has 2 aromatic heterocycles. The molecule has 0 fully saturated rings. The number of aromatic nitrogens is 5. The van der Waals surface area contributed by atoms with Gasteiger partial charge in [-0.05, 0) is 0 Å². The van der Waals surface area contributed by atoms with Crippen LogP contribution in [0, 0.1) is 0 Å². The molecule has 0 atom stereocenters. The molecule has 2 N–H and O–H groups in total. The minimum Gasteiger partial charge on any atom is -0.260 e. The largest absolute Gasteiger partial charge is 0.260 e. The summed E-state index contributed by atoms with van der Waals surface area (Å²) >= 11 is 0. The van der Waals surface area contributed by atoms with E-state index in [4.69, 9.17) is 0 Å². The summed E-state index contributed by atoms with van der Waals surface area (Å²) in [5.74, 6) is 1.02. The van der Waals surface area contributed by atoms with Gasteiger partial charge in [0, 0.05) is 6.07 Å². The average Bonchev–Trinajstić information content (AvgIpc) is 2.74. The molecule has 60 valence electrons. The van der Waals surface area contributed by atoms with Gasteiger partial charge in [0.15, 0.2) is 5.82 Å². The van der Waals surface area contributed by atoms with Crippen LogP contribution in [0.25, 0.3) is 0 Å². The van der Waals surface area contributed by atoms with E-state index >= 15 is 0 Å². The lowest BCUT2D eigenvalue weighted by Crippen LogP contribution is -1.65. The maximum absolute atomic E-state index is 3.79. The van der Waals surface area contributed by atoms with E-state index in [1.165, 1.54) is 6.20 Å². The highest BCUT2D eigenvalue weighted by molar-refractivity contribution is 5.24. The van der Waals surface area contributed by atoms with Crippen molar-refractivity contribution in [3.05, 3.63) is 18.5 Å². The molecule has 0 aliphatic carbocycles. The van der Waals surface area contributed by atoms with Crippen molar-refractivity contribution in [2.75, 3.05) is 0 Å². The molecule has 0 spiro atoms. The minimum atomic E-state index is 0.435. The number of hydrogen-bond donors (Lipinski definition) is 2. The SMILES string of the molecule is c1cc(N=Nc2cn[nH]n2)[nH]n1. The van der Waals surface area contributed by atoms with Gasteiger partial charge in [-0.1, -0.05) is 0 Å². The monoisotopic (exact) mass is 163 g/mol. The molecule has 7 nitrogen and oxygen atoms in total. The Morgan fingerprint density at radius 3 is 2.92 bits per heavy atom.